The van der Waals surface area contributed by atoms with Crippen molar-refractivity contribution >= 4 is 8.32 Å². The first-order chi connectivity index (χ1) is 9.46. The molecule has 0 aliphatic rings. The van der Waals surface area contributed by atoms with Crippen LogP contribution in [0.3, 0.4) is 0 Å². The summed E-state index contributed by atoms with van der Waals surface area (Å²) >= 11 is 0. The van der Waals surface area contributed by atoms with Crippen molar-refractivity contribution in [1.29, 1.82) is 0 Å². The minimum absolute atomic E-state index is 0.235. The summed E-state index contributed by atoms with van der Waals surface area (Å²) in [4.78, 5) is 0. The molecule has 0 aromatic heterocycles. The Hall–Kier alpha value is -0.123. The van der Waals surface area contributed by atoms with Crippen LogP contribution >= 0.6 is 0 Å². The lowest BCUT2D eigenvalue weighted by Crippen LogP contribution is -2.41. The summed E-state index contributed by atoms with van der Waals surface area (Å²) in [5, 5.41) is 10.3. The van der Waals surface area contributed by atoms with Crippen molar-refractivity contribution in [2.24, 2.45) is 5.92 Å². The minimum atomic E-state index is -1.56. The summed E-state index contributed by atoms with van der Waals surface area (Å²) < 4.78 is 6.57. The maximum Gasteiger partial charge on any atom is 0.192 e. The number of rotatable bonds is 12. The van der Waals surface area contributed by atoms with E-state index < -0.39 is 8.32 Å². The largest absolute Gasteiger partial charge is 0.414 e. The van der Waals surface area contributed by atoms with Crippen molar-refractivity contribution in [2.75, 3.05) is 0 Å². The SMILES string of the molecule is C=C[C@H](C)CC(O)C[C@@H](CCC)O[Si](CC)(CC)CC. The smallest absolute Gasteiger partial charge is 0.192 e. The van der Waals surface area contributed by atoms with Gasteiger partial charge in [-0.2, -0.15) is 0 Å². The van der Waals surface area contributed by atoms with Crippen LogP contribution in [0, 0.1) is 5.92 Å². The number of aliphatic hydroxyl groups is 1. The molecule has 0 fully saturated rings. The van der Waals surface area contributed by atoms with Crippen molar-refractivity contribution < 1.29 is 9.53 Å². The lowest BCUT2D eigenvalue weighted by atomic mass is 9.98. The van der Waals surface area contributed by atoms with Crippen LogP contribution in [0.4, 0.5) is 0 Å². The second kappa shape index (κ2) is 10.6. The highest BCUT2D eigenvalue weighted by Crippen LogP contribution is 2.27. The van der Waals surface area contributed by atoms with Gasteiger partial charge in [0.25, 0.3) is 0 Å². The molecule has 0 radical (unpaired) electrons. The predicted octanol–water partition coefficient (Wildman–Crippen LogP) is 5.14. The third-order valence-electron chi connectivity index (χ3n) is 4.54. The molecule has 0 spiro atoms. The molecule has 0 aliphatic heterocycles. The Balaban J connectivity index is 4.58. The number of allylic oxidation sites excluding steroid dienone is 1. The van der Waals surface area contributed by atoms with Crippen molar-refractivity contribution in [2.45, 2.75) is 90.6 Å². The van der Waals surface area contributed by atoms with Crippen molar-refractivity contribution in [3.8, 4) is 0 Å². The molecule has 0 bridgehead atoms. The van der Waals surface area contributed by atoms with Crippen LogP contribution in [-0.4, -0.2) is 25.6 Å². The first-order valence-electron chi connectivity index (χ1n) is 8.45. The zero-order valence-electron chi connectivity index (χ0n) is 14.3. The van der Waals surface area contributed by atoms with Crippen LogP contribution < -0.4 is 0 Å². The molecule has 120 valence electrons. The molecule has 2 nitrogen and oxygen atoms in total. The predicted molar refractivity (Wildman–Crippen MR) is 91.6 cm³/mol. The van der Waals surface area contributed by atoms with Gasteiger partial charge in [0, 0.05) is 6.10 Å². The molecule has 3 heteroatoms. The van der Waals surface area contributed by atoms with Crippen LogP contribution in [0.15, 0.2) is 12.7 Å². The lowest BCUT2D eigenvalue weighted by Gasteiger charge is -2.34. The van der Waals surface area contributed by atoms with Gasteiger partial charge in [-0.05, 0) is 43.3 Å². The van der Waals surface area contributed by atoms with E-state index in [-0.39, 0.29) is 12.2 Å². The summed E-state index contributed by atoms with van der Waals surface area (Å²) in [5.41, 5.74) is 0. The highest BCUT2D eigenvalue weighted by Gasteiger charge is 2.32. The average molecular weight is 301 g/mol. The molecule has 0 rings (SSSR count). The van der Waals surface area contributed by atoms with Gasteiger partial charge in [-0.15, -0.1) is 6.58 Å². The molecule has 0 saturated carbocycles. The monoisotopic (exact) mass is 300 g/mol. The van der Waals surface area contributed by atoms with Gasteiger partial charge in [0.15, 0.2) is 8.32 Å². The molecule has 1 unspecified atom stereocenters. The third kappa shape index (κ3) is 7.05. The summed E-state index contributed by atoms with van der Waals surface area (Å²) in [7, 11) is -1.56. The second-order valence-electron chi connectivity index (χ2n) is 6.11. The van der Waals surface area contributed by atoms with E-state index in [0.717, 1.165) is 25.7 Å². The fourth-order valence-corrected chi connectivity index (χ4v) is 5.75. The fraction of sp³-hybridized carbons (Fsp3) is 0.882. The minimum Gasteiger partial charge on any atom is -0.414 e. The molecule has 0 aliphatic carbocycles. The van der Waals surface area contributed by atoms with E-state index in [9.17, 15) is 5.11 Å². The Bertz CT molecular complexity index is 243. The Kier molecular flexibility index (Phi) is 10.5. The maximum atomic E-state index is 10.3. The highest BCUT2D eigenvalue weighted by atomic mass is 28.4. The summed E-state index contributed by atoms with van der Waals surface area (Å²) in [6.07, 6.45) is 5.65. The van der Waals surface area contributed by atoms with Crippen molar-refractivity contribution in [1.82, 2.24) is 0 Å². The van der Waals surface area contributed by atoms with Crippen molar-refractivity contribution in [3.63, 3.8) is 0 Å². The zero-order chi connectivity index (χ0) is 15.6. The number of aliphatic hydroxyl groups excluding tert-OH is 1. The third-order valence-corrected chi connectivity index (χ3v) is 9.24. The van der Waals surface area contributed by atoms with E-state index >= 15 is 0 Å². The normalized spacial score (nSPS) is 16.7. The standard InChI is InChI=1S/C17H36O2Si/c1-7-12-17(14-16(18)13-15(6)8-2)19-20(9-3,10-4)11-5/h8,15-18H,2,7,9-14H2,1,3-6H3/t15-,16?,17+/m0/s1. The Labute approximate surface area is 127 Å². The van der Waals surface area contributed by atoms with Gasteiger partial charge in [-0.3, -0.25) is 0 Å². The topological polar surface area (TPSA) is 29.5 Å². The zero-order valence-corrected chi connectivity index (χ0v) is 15.3. The molecular formula is C17H36O2Si. The first kappa shape index (κ1) is 19.9. The first-order valence-corrected chi connectivity index (χ1v) is 11.0. The molecule has 20 heavy (non-hydrogen) atoms. The maximum absolute atomic E-state index is 10.3. The summed E-state index contributed by atoms with van der Waals surface area (Å²) in [6, 6.07) is 3.54. The van der Waals surface area contributed by atoms with Crippen molar-refractivity contribution in [3.05, 3.63) is 12.7 Å². The molecule has 0 aromatic rings. The summed E-state index contributed by atoms with van der Waals surface area (Å²) in [6.45, 7) is 14.9. The molecule has 1 N–H and O–H groups in total. The van der Waals surface area contributed by atoms with E-state index in [1.54, 1.807) is 0 Å². The molecule has 0 heterocycles. The van der Waals surface area contributed by atoms with Gasteiger partial charge in [-0.25, -0.2) is 0 Å². The van der Waals surface area contributed by atoms with Gasteiger partial charge >= 0.3 is 0 Å². The molecule has 0 saturated heterocycles. The van der Waals surface area contributed by atoms with Crippen LogP contribution in [0.25, 0.3) is 0 Å². The second-order valence-corrected chi connectivity index (χ2v) is 10.8. The Morgan fingerprint density at radius 1 is 1.10 bits per heavy atom. The van der Waals surface area contributed by atoms with Crippen LogP contribution in [0.1, 0.15) is 60.3 Å². The van der Waals surface area contributed by atoms with E-state index in [1.807, 2.05) is 6.08 Å². The van der Waals surface area contributed by atoms with Crippen LogP contribution in [0.2, 0.25) is 18.1 Å². The van der Waals surface area contributed by atoms with Crippen LogP contribution in [-0.2, 0) is 4.43 Å². The lowest BCUT2D eigenvalue weighted by molar-refractivity contribution is 0.0726. The van der Waals surface area contributed by atoms with Crippen LogP contribution in [0.5, 0.6) is 0 Å². The van der Waals surface area contributed by atoms with Gasteiger partial charge in [0.1, 0.15) is 0 Å². The van der Waals surface area contributed by atoms with Gasteiger partial charge in [-0.1, -0.05) is 47.1 Å². The quantitative estimate of drug-likeness (QED) is 0.399. The van der Waals surface area contributed by atoms with E-state index in [2.05, 4.69) is 41.2 Å². The molecular weight excluding hydrogens is 264 g/mol. The molecule has 0 amide bonds. The van der Waals surface area contributed by atoms with E-state index in [4.69, 9.17) is 4.43 Å². The summed E-state index contributed by atoms with van der Waals surface area (Å²) in [5.74, 6) is 0.373. The molecule has 0 aromatic carbocycles. The number of hydrogen-bond acceptors (Lipinski definition) is 2. The molecule has 3 atom stereocenters. The number of hydrogen-bond donors (Lipinski definition) is 1. The average Bonchev–Trinajstić information content (AvgIpc) is 2.44. The highest BCUT2D eigenvalue weighted by molar-refractivity contribution is 6.73. The Morgan fingerprint density at radius 2 is 1.65 bits per heavy atom. The van der Waals surface area contributed by atoms with E-state index in [0.29, 0.717) is 5.92 Å². The van der Waals surface area contributed by atoms with Gasteiger partial charge in [0.05, 0.1) is 6.10 Å². The van der Waals surface area contributed by atoms with E-state index in [1.165, 1.54) is 18.1 Å². The van der Waals surface area contributed by atoms with Gasteiger partial charge in [0.2, 0.25) is 0 Å². The van der Waals surface area contributed by atoms with Gasteiger partial charge < -0.3 is 9.53 Å². The fourth-order valence-electron chi connectivity index (χ4n) is 2.83. The Morgan fingerprint density at radius 3 is 2.05 bits per heavy atom.